The van der Waals surface area contributed by atoms with Gasteiger partial charge in [-0.15, -0.1) is 11.3 Å². The van der Waals surface area contributed by atoms with Crippen LogP contribution in [0.15, 0.2) is 24.3 Å². The number of nitrogens with zero attached hydrogens (tertiary/aromatic N) is 1. The molecule has 0 radical (unpaired) electrons. The van der Waals surface area contributed by atoms with E-state index in [-0.39, 0.29) is 0 Å². The second kappa shape index (κ2) is 6.58. The van der Waals surface area contributed by atoms with Gasteiger partial charge in [-0.25, -0.2) is 4.98 Å². The lowest BCUT2D eigenvalue weighted by atomic mass is 10.1. The van der Waals surface area contributed by atoms with Crippen molar-refractivity contribution >= 4 is 11.3 Å². The number of hydrogen-bond donors (Lipinski definition) is 1. The van der Waals surface area contributed by atoms with Crippen LogP contribution in [0, 0.1) is 0 Å². The quantitative estimate of drug-likeness (QED) is 0.843. The minimum Gasteiger partial charge on any atom is -0.486 e. The van der Waals surface area contributed by atoms with Crippen LogP contribution >= 0.6 is 11.3 Å². The lowest BCUT2D eigenvalue weighted by Crippen LogP contribution is -2.05. The van der Waals surface area contributed by atoms with Crippen molar-refractivity contribution in [3.63, 3.8) is 0 Å². The molecule has 3 nitrogen and oxygen atoms in total. The standard InChI is InChI=1S/C17H22N2OS/c1-3-12-6-4-5-7-14(12)20-11-16-19-17(13-8-9-13)15(21-16)10-18-2/h4-7,13,18H,3,8-11H2,1-2H3. The molecular weight excluding hydrogens is 280 g/mol. The van der Waals surface area contributed by atoms with E-state index >= 15 is 0 Å². The van der Waals surface area contributed by atoms with Gasteiger partial charge < -0.3 is 10.1 Å². The van der Waals surface area contributed by atoms with E-state index in [0.717, 1.165) is 23.7 Å². The molecule has 0 saturated heterocycles. The fourth-order valence-corrected chi connectivity index (χ4v) is 3.59. The first-order chi connectivity index (χ1) is 10.3. The van der Waals surface area contributed by atoms with Crippen LogP contribution in [0.1, 0.15) is 46.8 Å². The van der Waals surface area contributed by atoms with Crippen molar-refractivity contribution in [3.8, 4) is 5.75 Å². The number of ether oxygens (including phenoxy) is 1. The Morgan fingerprint density at radius 1 is 1.33 bits per heavy atom. The van der Waals surface area contributed by atoms with Crippen molar-refractivity contribution in [1.82, 2.24) is 10.3 Å². The van der Waals surface area contributed by atoms with Gasteiger partial charge in [0, 0.05) is 17.3 Å². The second-order valence-corrected chi connectivity index (χ2v) is 6.64. The molecular formula is C17H22N2OS. The van der Waals surface area contributed by atoms with Gasteiger partial charge in [0.25, 0.3) is 0 Å². The number of rotatable bonds is 7. The topological polar surface area (TPSA) is 34.1 Å². The van der Waals surface area contributed by atoms with Crippen molar-refractivity contribution in [2.75, 3.05) is 7.05 Å². The van der Waals surface area contributed by atoms with Crippen LogP contribution in [-0.2, 0) is 19.6 Å². The fourth-order valence-electron chi connectivity index (χ4n) is 2.51. The Hall–Kier alpha value is -1.39. The molecule has 1 aromatic heterocycles. The summed E-state index contributed by atoms with van der Waals surface area (Å²) in [5.41, 5.74) is 2.56. The second-order valence-electron chi connectivity index (χ2n) is 5.47. The molecule has 0 spiro atoms. The van der Waals surface area contributed by atoms with Crippen molar-refractivity contribution in [2.24, 2.45) is 0 Å². The number of aryl methyl sites for hydroxylation is 1. The Bertz CT molecular complexity index is 605. The Morgan fingerprint density at radius 2 is 2.14 bits per heavy atom. The van der Waals surface area contributed by atoms with Crippen LogP contribution in [0.2, 0.25) is 0 Å². The van der Waals surface area contributed by atoms with Gasteiger partial charge >= 0.3 is 0 Å². The first-order valence-corrected chi connectivity index (χ1v) is 8.47. The van der Waals surface area contributed by atoms with Crippen LogP contribution in [-0.4, -0.2) is 12.0 Å². The molecule has 1 aliphatic carbocycles. The molecule has 112 valence electrons. The van der Waals surface area contributed by atoms with Gasteiger partial charge in [0.15, 0.2) is 0 Å². The van der Waals surface area contributed by atoms with Crippen molar-refractivity contribution in [2.45, 2.75) is 45.3 Å². The fraction of sp³-hybridized carbons (Fsp3) is 0.471. The average molecular weight is 302 g/mol. The lowest BCUT2D eigenvalue weighted by molar-refractivity contribution is 0.302. The van der Waals surface area contributed by atoms with E-state index in [1.165, 1.54) is 29.0 Å². The van der Waals surface area contributed by atoms with Gasteiger partial charge in [0.05, 0.1) is 5.69 Å². The number of benzene rings is 1. The molecule has 1 N–H and O–H groups in total. The molecule has 1 fully saturated rings. The molecule has 0 amide bonds. The highest BCUT2D eigenvalue weighted by molar-refractivity contribution is 7.11. The van der Waals surface area contributed by atoms with E-state index in [0.29, 0.717) is 12.5 Å². The Balaban J connectivity index is 1.71. The highest BCUT2D eigenvalue weighted by Gasteiger charge is 2.29. The first-order valence-electron chi connectivity index (χ1n) is 7.65. The summed E-state index contributed by atoms with van der Waals surface area (Å²) in [6, 6.07) is 8.26. The Labute approximate surface area is 130 Å². The van der Waals surface area contributed by atoms with Crippen LogP contribution in [0.4, 0.5) is 0 Å². The van der Waals surface area contributed by atoms with Gasteiger partial charge in [-0.3, -0.25) is 0 Å². The van der Waals surface area contributed by atoms with Gasteiger partial charge in [-0.1, -0.05) is 25.1 Å². The number of para-hydroxylation sites is 1. The van der Waals surface area contributed by atoms with Crippen molar-refractivity contribution in [3.05, 3.63) is 45.4 Å². The molecule has 3 rings (SSSR count). The number of nitrogens with one attached hydrogen (secondary N) is 1. The highest BCUT2D eigenvalue weighted by Crippen LogP contribution is 2.42. The van der Waals surface area contributed by atoms with Gasteiger partial charge in [0.2, 0.25) is 0 Å². The molecule has 0 aliphatic heterocycles. The molecule has 1 heterocycles. The van der Waals surface area contributed by atoms with E-state index in [9.17, 15) is 0 Å². The van der Waals surface area contributed by atoms with Crippen molar-refractivity contribution < 1.29 is 4.74 Å². The van der Waals surface area contributed by atoms with Crippen LogP contribution in [0.25, 0.3) is 0 Å². The monoisotopic (exact) mass is 302 g/mol. The number of hydrogen-bond acceptors (Lipinski definition) is 4. The average Bonchev–Trinajstić information content (AvgIpc) is 3.28. The molecule has 21 heavy (non-hydrogen) atoms. The minimum atomic E-state index is 0.575. The summed E-state index contributed by atoms with van der Waals surface area (Å²) in [5, 5.41) is 4.33. The molecule has 4 heteroatoms. The van der Waals surface area contributed by atoms with Crippen LogP contribution in [0.5, 0.6) is 5.75 Å². The normalized spacial score (nSPS) is 14.4. The molecule has 1 saturated carbocycles. The molecule has 1 aromatic carbocycles. The van der Waals surface area contributed by atoms with E-state index in [4.69, 9.17) is 9.72 Å². The third-order valence-corrected chi connectivity index (χ3v) is 4.82. The van der Waals surface area contributed by atoms with Crippen molar-refractivity contribution in [1.29, 1.82) is 0 Å². The summed E-state index contributed by atoms with van der Waals surface area (Å²) >= 11 is 1.79. The zero-order valence-corrected chi connectivity index (χ0v) is 13.5. The Morgan fingerprint density at radius 3 is 2.86 bits per heavy atom. The summed E-state index contributed by atoms with van der Waals surface area (Å²) in [6.45, 7) is 3.64. The highest BCUT2D eigenvalue weighted by atomic mass is 32.1. The SMILES string of the molecule is CCc1ccccc1OCc1nc(C2CC2)c(CNC)s1. The van der Waals surface area contributed by atoms with Crippen LogP contribution in [0.3, 0.4) is 0 Å². The summed E-state index contributed by atoms with van der Waals surface area (Å²) in [7, 11) is 1.99. The molecule has 2 aromatic rings. The summed E-state index contributed by atoms with van der Waals surface area (Å²) < 4.78 is 5.99. The summed E-state index contributed by atoms with van der Waals surface area (Å²) in [6.07, 6.45) is 3.57. The summed E-state index contributed by atoms with van der Waals surface area (Å²) in [4.78, 5) is 6.19. The molecule has 0 unspecified atom stereocenters. The minimum absolute atomic E-state index is 0.575. The predicted octanol–water partition coefficient (Wildman–Crippen LogP) is 3.88. The van der Waals surface area contributed by atoms with Gasteiger partial charge in [-0.05, 0) is 37.9 Å². The maximum Gasteiger partial charge on any atom is 0.140 e. The van der Waals surface area contributed by atoms with Gasteiger partial charge in [-0.2, -0.15) is 0 Å². The van der Waals surface area contributed by atoms with Crippen LogP contribution < -0.4 is 10.1 Å². The van der Waals surface area contributed by atoms with E-state index in [1.807, 2.05) is 19.2 Å². The third kappa shape index (κ3) is 3.44. The smallest absolute Gasteiger partial charge is 0.140 e. The predicted molar refractivity (Wildman–Crippen MR) is 87.0 cm³/mol. The third-order valence-electron chi connectivity index (χ3n) is 3.78. The zero-order chi connectivity index (χ0) is 14.7. The summed E-state index contributed by atoms with van der Waals surface area (Å²) in [5.74, 6) is 1.68. The largest absolute Gasteiger partial charge is 0.486 e. The Kier molecular flexibility index (Phi) is 4.56. The number of thiazole rings is 1. The molecule has 0 atom stereocenters. The van der Waals surface area contributed by atoms with E-state index in [2.05, 4.69) is 24.4 Å². The first kappa shape index (κ1) is 14.5. The zero-order valence-electron chi connectivity index (χ0n) is 12.7. The lowest BCUT2D eigenvalue weighted by Gasteiger charge is -2.08. The maximum absolute atomic E-state index is 5.99. The molecule has 1 aliphatic rings. The van der Waals surface area contributed by atoms with E-state index < -0.39 is 0 Å². The van der Waals surface area contributed by atoms with Gasteiger partial charge in [0.1, 0.15) is 17.4 Å². The van der Waals surface area contributed by atoms with E-state index in [1.54, 1.807) is 11.3 Å². The maximum atomic E-state index is 5.99. The molecule has 0 bridgehead atoms. The number of aromatic nitrogens is 1.